The Morgan fingerprint density at radius 3 is 2.84 bits per heavy atom. The summed E-state index contributed by atoms with van der Waals surface area (Å²) in [5.41, 5.74) is 1.51. The summed E-state index contributed by atoms with van der Waals surface area (Å²) < 4.78 is 13.1. The number of aromatic nitrogens is 3. The Morgan fingerprint density at radius 2 is 2.16 bits per heavy atom. The van der Waals surface area contributed by atoms with Crippen molar-refractivity contribution in [3.8, 4) is 11.5 Å². The minimum absolute atomic E-state index is 0.0697. The molecule has 0 unspecified atom stereocenters. The average molecular weight is 434 g/mol. The van der Waals surface area contributed by atoms with Gasteiger partial charge < -0.3 is 9.47 Å². The Bertz CT molecular complexity index is 1220. The van der Waals surface area contributed by atoms with E-state index >= 15 is 0 Å². The number of carbonyl (C=O) groups excluding carboxylic acids is 1. The maximum absolute atomic E-state index is 13.6. The maximum Gasteiger partial charge on any atom is 0.270 e. The van der Waals surface area contributed by atoms with Crippen molar-refractivity contribution in [1.82, 2.24) is 14.8 Å². The van der Waals surface area contributed by atoms with Crippen LogP contribution in [0.2, 0.25) is 0 Å². The average Bonchev–Trinajstić information content (AvgIpc) is 3.38. The molecule has 9 heteroatoms. The summed E-state index contributed by atoms with van der Waals surface area (Å²) in [6.45, 7) is 6.25. The highest BCUT2D eigenvalue weighted by Gasteiger charge is 2.34. The molecule has 0 saturated carbocycles. The summed E-state index contributed by atoms with van der Waals surface area (Å²) in [5.74, 6) is 0.834. The summed E-state index contributed by atoms with van der Waals surface area (Å²) >= 11 is 0. The molecule has 0 fully saturated rings. The van der Waals surface area contributed by atoms with Gasteiger partial charge in [0.2, 0.25) is 5.78 Å². The van der Waals surface area contributed by atoms with Crippen molar-refractivity contribution in [2.24, 2.45) is 0 Å². The first kappa shape index (κ1) is 21.2. The van der Waals surface area contributed by atoms with E-state index in [1.807, 2.05) is 20.8 Å². The lowest BCUT2D eigenvalue weighted by Crippen LogP contribution is -2.24. The van der Waals surface area contributed by atoms with Crippen LogP contribution in [0.4, 0.5) is 5.69 Å². The summed E-state index contributed by atoms with van der Waals surface area (Å²) in [7, 11) is 0. The molecule has 4 rings (SSSR count). The number of non-ortho nitro benzene ring substituents is 1. The Kier molecular flexibility index (Phi) is 5.48. The molecule has 0 amide bonds. The quantitative estimate of drug-likeness (QED) is 0.237. The molecule has 32 heavy (non-hydrogen) atoms. The fraction of sp³-hybridized carbons (Fsp3) is 0.261. The number of benzene rings is 2. The molecule has 1 aromatic heterocycles. The smallest absolute Gasteiger partial charge is 0.270 e. The van der Waals surface area contributed by atoms with Gasteiger partial charge in [-0.05, 0) is 44.5 Å². The molecule has 0 bridgehead atoms. The number of ketones is 1. The van der Waals surface area contributed by atoms with E-state index in [9.17, 15) is 14.9 Å². The van der Waals surface area contributed by atoms with Gasteiger partial charge in [0.05, 0.1) is 11.5 Å². The molecule has 2 aromatic carbocycles. The number of carbonyl (C=O) groups is 1. The minimum atomic E-state index is -0.481. The first-order valence-electron chi connectivity index (χ1n) is 10.1. The standard InChI is InChI=1S/C23H22N4O5/c1-4-31-20-11-16(10-17-12-23(2,3)32-22(17)20)21(28)19(26-14-24-13-25-26)9-15-6-5-7-18(8-15)27(29)30/h5-11,13-14H,4,12H2,1-3H3. The highest BCUT2D eigenvalue weighted by Crippen LogP contribution is 2.43. The molecular formula is C23H22N4O5. The predicted octanol–water partition coefficient (Wildman–Crippen LogP) is 4.18. The van der Waals surface area contributed by atoms with Crippen LogP contribution in [0.3, 0.4) is 0 Å². The van der Waals surface area contributed by atoms with Crippen LogP contribution in [0.25, 0.3) is 11.8 Å². The fourth-order valence-corrected chi connectivity index (χ4v) is 3.67. The van der Waals surface area contributed by atoms with Crippen LogP contribution in [-0.2, 0) is 6.42 Å². The highest BCUT2D eigenvalue weighted by molar-refractivity contribution is 6.28. The zero-order valence-corrected chi connectivity index (χ0v) is 17.9. The second kappa shape index (κ2) is 8.26. The number of Topliss-reactive ketones (excluding diaryl/α,β-unsaturated/α-hetero) is 1. The SMILES string of the molecule is CCOc1cc(C(=O)C(=Cc2cccc([N+](=O)[O-])c2)n2cncn2)cc2c1OC(C)(C)C2. The van der Waals surface area contributed by atoms with Gasteiger partial charge in [0.1, 0.15) is 24.0 Å². The monoisotopic (exact) mass is 434 g/mol. The molecule has 164 valence electrons. The van der Waals surface area contributed by atoms with E-state index in [0.29, 0.717) is 35.7 Å². The molecule has 1 aliphatic rings. The van der Waals surface area contributed by atoms with E-state index in [0.717, 1.165) is 5.56 Å². The van der Waals surface area contributed by atoms with Crippen molar-refractivity contribution in [3.05, 3.63) is 75.9 Å². The van der Waals surface area contributed by atoms with E-state index in [-0.39, 0.29) is 17.2 Å². The fourth-order valence-electron chi connectivity index (χ4n) is 3.67. The molecule has 9 nitrogen and oxygen atoms in total. The number of hydrogen-bond donors (Lipinski definition) is 0. The molecule has 0 N–H and O–H groups in total. The Morgan fingerprint density at radius 1 is 1.34 bits per heavy atom. The van der Waals surface area contributed by atoms with Crippen molar-refractivity contribution in [2.75, 3.05) is 6.61 Å². The molecule has 0 aliphatic carbocycles. The van der Waals surface area contributed by atoms with Crippen LogP contribution < -0.4 is 9.47 Å². The van der Waals surface area contributed by atoms with E-state index in [1.165, 1.54) is 29.5 Å². The van der Waals surface area contributed by atoms with Gasteiger partial charge >= 0.3 is 0 Å². The van der Waals surface area contributed by atoms with Crippen LogP contribution in [-0.4, -0.2) is 37.7 Å². The summed E-state index contributed by atoms with van der Waals surface area (Å²) in [6.07, 6.45) is 4.91. The first-order valence-corrected chi connectivity index (χ1v) is 10.1. The van der Waals surface area contributed by atoms with E-state index in [1.54, 1.807) is 30.3 Å². The number of nitrogens with zero attached hydrogens (tertiary/aromatic N) is 4. The molecule has 0 spiro atoms. The first-order chi connectivity index (χ1) is 15.3. The van der Waals surface area contributed by atoms with Gasteiger partial charge in [0.15, 0.2) is 11.5 Å². The summed E-state index contributed by atoms with van der Waals surface area (Å²) in [6, 6.07) is 9.49. The predicted molar refractivity (Wildman–Crippen MR) is 118 cm³/mol. The van der Waals surface area contributed by atoms with Gasteiger partial charge in [0.25, 0.3) is 5.69 Å². The van der Waals surface area contributed by atoms with Crippen LogP contribution in [0.15, 0.2) is 49.1 Å². The molecule has 0 radical (unpaired) electrons. The van der Waals surface area contributed by atoms with Gasteiger partial charge in [-0.25, -0.2) is 9.67 Å². The summed E-state index contributed by atoms with van der Waals surface area (Å²) in [4.78, 5) is 28.2. The molecule has 2 heterocycles. The number of fused-ring (bicyclic) bond motifs is 1. The largest absolute Gasteiger partial charge is 0.490 e. The number of hydrogen-bond acceptors (Lipinski definition) is 7. The third-order valence-electron chi connectivity index (χ3n) is 4.97. The van der Waals surface area contributed by atoms with Crippen molar-refractivity contribution in [3.63, 3.8) is 0 Å². The zero-order valence-electron chi connectivity index (χ0n) is 17.9. The second-order valence-corrected chi connectivity index (χ2v) is 7.99. The number of ether oxygens (including phenoxy) is 2. The van der Waals surface area contributed by atoms with Gasteiger partial charge in [-0.3, -0.25) is 14.9 Å². The third kappa shape index (κ3) is 4.22. The van der Waals surface area contributed by atoms with Crippen LogP contribution in [0, 0.1) is 10.1 Å². The van der Waals surface area contributed by atoms with Gasteiger partial charge in [-0.15, -0.1) is 0 Å². The number of allylic oxidation sites excluding steroid dienone is 1. The van der Waals surface area contributed by atoms with E-state index in [4.69, 9.17) is 9.47 Å². The number of rotatable bonds is 7. The highest BCUT2D eigenvalue weighted by atomic mass is 16.6. The second-order valence-electron chi connectivity index (χ2n) is 7.99. The lowest BCUT2D eigenvalue weighted by molar-refractivity contribution is -0.384. The molecule has 3 aromatic rings. The third-order valence-corrected chi connectivity index (χ3v) is 4.97. The molecule has 1 aliphatic heterocycles. The Balaban J connectivity index is 1.80. The summed E-state index contributed by atoms with van der Waals surface area (Å²) in [5, 5.41) is 15.2. The van der Waals surface area contributed by atoms with Crippen molar-refractivity contribution >= 4 is 23.2 Å². The molecular weight excluding hydrogens is 412 g/mol. The van der Waals surface area contributed by atoms with Crippen molar-refractivity contribution in [2.45, 2.75) is 32.8 Å². The van der Waals surface area contributed by atoms with E-state index in [2.05, 4.69) is 10.1 Å². The van der Waals surface area contributed by atoms with Crippen molar-refractivity contribution in [1.29, 1.82) is 0 Å². The van der Waals surface area contributed by atoms with Crippen molar-refractivity contribution < 1.29 is 19.2 Å². The zero-order chi connectivity index (χ0) is 22.9. The van der Waals surface area contributed by atoms with Crippen LogP contribution in [0.5, 0.6) is 11.5 Å². The van der Waals surface area contributed by atoms with E-state index < -0.39 is 10.5 Å². The molecule has 0 saturated heterocycles. The van der Waals surface area contributed by atoms with Gasteiger partial charge in [-0.2, -0.15) is 5.10 Å². The topological polar surface area (TPSA) is 109 Å². The lowest BCUT2D eigenvalue weighted by atomic mass is 9.97. The normalized spacial score (nSPS) is 14.5. The Hall–Kier alpha value is -4.01. The Labute approximate surface area is 184 Å². The number of nitro benzene ring substituents is 1. The number of nitro groups is 1. The minimum Gasteiger partial charge on any atom is -0.490 e. The van der Waals surface area contributed by atoms with Gasteiger partial charge in [0, 0.05) is 29.7 Å². The van der Waals surface area contributed by atoms with Crippen LogP contribution >= 0.6 is 0 Å². The van der Waals surface area contributed by atoms with Crippen LogP contribution in [0.1, 0.15) is 42.3 Å². The molecule has 0 atom stereocenters. The lowest BCUT2D eigenvalue weighted by Gasteiger charge is -2.18. The van der Waals surface area contributed by atoms with Gasteiger partial charge in [-0.1, -0.05) is 12.1 Å². The maximum atomic E-state index is 13.6.